The number of aromatic carboxylic acids is 1. The molecule has 0 spiro atoms. The van der Waals surface area contributed by atoms with Gasteiger partial charge in [-0.2, -0.15) is 0 Å². The third-order valence-corrected chi connectivity index (χ3v) is 3.48. The Balaban J connectivity index is 0.000000184. The van der Waals surface area contributed by atoms with Gasteiger partial charge in [0.25, 0.3) is 0 Å². The molecular formula is C14H13O3Zn. The van der Waals surface area contributed by atoms with Crippen molar-refractivity contribution in [3.05, 3.63) is 65.7 Å². The Kier molecular flexibility index (Phi) is 6.09. The summed E-state index contributed by atoms with van der Waals surface area (Å²) < 4.78 is 0. The Bertz CT molecular complexity index is 497. The molecule has 0 unspecified atom stereocenters. The van der Waals surface area contributed by atoms with Crippen LogP contribution in [0.15, 0.2) is 54.6 Å². The normalized spacial score (nSPS) is 9.22. The summed E-state index contributed by atoms with van der Waals surface area (Å²) in [4.78, 5) is 10.3. The molecule has 2 N–H and O–H groups in total. The number of benzene rings is 2. The van der Waals surface area contributed by atoms with Gasteiger partial charge in [0.15, 0.2) is 0 Å². The van der Waals surface area contributed by atoms with Crippen LogP contribution < -0.4 is 0 Å². The van der Waals surface area contributed by atoms with E-state index in [0.717, 1.165) is 0 Å². The maximum atomic E-state index is 10.3. The van der Waals surface area contributed by atoms with Gasteiger partial charge in [-0.05, 0) is 12.1 Å². The molecule has 0 aliphatic rings. The monoisotopic (exact) mass is 293 g/mol. The van der Waals surface area contributed by atoms with Crippen molar-refractivity contribution in [2.45, 2.75) is 5.02 Å². The molecule has 0 aliphatic heterocycles. The molecule has 0 radical (unpaired) electrons. The van der Waals surface area contributed by atoms with Crippen LogP contribution in [0.2, 0.25) is 0 Å². The quantitative estimate of drug-likeness (QED) is 0.837. The molecule has 2 rings (SSSR count). The van der Waals surface area contributed by atoms with Crippen molar-refractivity contribution in [3.63, 3.8) is 0 Å². The van der Waals surface area contributed by atoms with E-state index < -0.39 is 5.97 Å². The second kappa shape index (κ2) is 7.62. The molecular weight excluding hydrogens is 282 g/mol. The zero-order valence-electron chi connectivity index (χ0n) is 9.91. The van der Waals surface area contributed by atoms with Gasteiger partial charge >= 0.3 is 65.2 Å². The van der Waals surface area contributed by atoms with Crippen molar-refractivity contribution in [2.75, 3.05) is 0 Å². The minimum absolute atomic E-state index is 0.0671. The molecule has 18 heavy (non-hydrogen) atoms. The van der Waals surface area contributed by atoms with E-state index in [0.29, 0.717) is 0 Å². The van der Waals surface area contributed by atoms with Crippen LogP contribution in [0.5, 0.6) is 5.75 Å². The van der Waals surface area contributed by atoms with Gasteiger partial charge in [-0.1, -0.05) is 12.1 Å². The van der Waals surface area contributed by atoms with Gasteiger partial charge in [-0.3, -0.25) is 0 Å². The standard InChI is InChI=1S/C7H6O3.C7H7.Zn/c8-6-4-2-1-3-5(6)7(9)10;1-7-5-3-2-4-6-7;/h1-4,8H,(H,9,10);2-6H,1H2;. The van der Waals surface area contributed by atoms with E-state index in [4.69, 9.17) is 10.2 Å². The Hall–Kier alpha value is -1.67. The second-order valence-electron chi connectivity index (χ2n) is 3.56. The number of hydrogen-bond acceptors (Lipinski definition) is 2. The van der Waals surface area contributed by atoms with Gasteiger partial charge in [-0.25, -0.2) is 4.79 Å². The van der Waals surface area contributed by atoms with E-state index in [1.165, 1.54) is 41.0 Å². The van der Waals surface area contributed by atoms with Crippen molar-refractivity contribution < 1.29 is 33.3 Å². The number of rotatable bonds is 2. The van der Waals surface area contributed by atoms with Gasteiger partial charge in [0.1, 0.15) is 11.3 Å². The summed E-state index contributed by atoms with van der Waals surface area (Å²) in [6.07, 6.45) is 0. The predicted molar refractivity (Wildman–Crippen MR) is 65.2 cm³/mol. The number of para-hydroxylation sites is 1. The van der Waals surface area contributed by atoms with E-state index in [1.54, 1.807) is 12.1 Å². The van der Waals surface area contributed by atoms with Crippen LogP contribution in [0.25, 0.3) is 0 Å². The molecule has 4 heteroatoms. The molecule has 0 fully saturated rings. The number of hydrogen-bond donors (Lipinski definition) is 2. The molecule has 0 heterocycles. The van der Waals surface area contributed by atoms with E-state index >= 15 is 0 Å². The number of aromatic hydroxyl groups is 1. The summed E-state index contributed by atoms with van der Waals surface area (Å²) in [7, 11) is 0. The van der Waals surface area contributed by atoms with E-state index in [9.17, 15) is 4.79 Å². The van der Waals surface area contributed by atoms with Crippen LogP contribution >= 0.6 is 0 Å². The molecule has 0 atom stereocenters. The number of phenols is 1. The first-order valence-electron chi connectivity index (χ1n) is 5.49. The van der Waals surface area contributed by atoms with Crippen LogP contribution in [-0.2, 0) is 23.3 Å². The van der Waals surface area contributed by atoms with Gasteiger partial charge in [-0.15, -0.1) is 0 Å². The van der Waals surface area contributed by atoms with Crippen molar-refractivity contribution in [2.24, 2.45) is 0 Å². The van der Waals surface area contributed by atoms with Crippen LogP contribution in [0.4, 0.5) is 0 Å². The summed E-state index contributed by atoms with van der Waals surface area (Å²) >= 11 is 1.37. The Morgan fingerprint density at radius 3 is 1.94 bits per heavy atom. The zero-order valence-corrected chi connectivity index (χ0v) is 12.9. The zero-order chi connectivity index (χ0) is 13.4. The van der Waals surface area contributed by atoms with Crippen molar-refractivity contribution in [1.29, 1.82) is 0 Å². The average Bonchev–Trinajstić information content (AvgIpc) is 2.40. The topological polar surface area (TPSA) is 57.5 Å². The second-order valence-corrected chi connectivity index (χ2v) is 4.61. The molecule has 0 aromatic heterocycles. The SMILES string of the molecule is O=C(O)c1ccccc1O.[Zn][CH2]c1ccccc1. The van der Waals surface area contributed by atoms with E-state index in [-0.39, 0.29) is 11.3 Å². The van der Waals surface area contributed by atoms with Crippen molar-refractivity contribution >= 4 is 5.97 Å². The molecule has 2 aromatic carbocycles. The number of carboxylic acid groups (broad SMARTS) is 1. The Labute approximate surface area is 116 Å². The summed E-state index contributed by atoms with van der Waals surface area (Å²) in [5.41, 5.74) is 1.40. The number of carbonyl (C=O) groups is 1. The Morgan fingerprint density at radius 1 is 1.00 bits per heavy atom. The van der Waals surface area contributed by atoms with Gasteiger partial charge < -0.3 is 10.2 Å². The van der Waals surface area contributed by atoms with Gasteiger partial charge in [0.2, 0.25) is 0 Å². The molecule has 0 amide bonds. The fourth-order valence-corrected chi connectivity index (χ4v) is 2.00. The van der Waals surface area contributed by atoms with E-state index in [2.05, 4.69) is 30.3 Å². The fourth-order valence-electron chi connectivity index (χ4n) is 1.30. The van der Waals surface area contributed by atoms with Crippen LogP contribution in [0.1, 0.15) is 15.9 Å². The summed E-state index contributed by atoms with van der Waals surface area (Å²) in [5, 5.41) is 18.6. The first-order valence-corrected chi connectivity index (χ1v) is 7.59. The first-order chi connectivity index (χ1) is 8.65. The minimum atomic E-state index is -1.11. The molecule has 0 saturated heterocycles. The van der Waals surface area contributed by atoms with E-state index in [1.807, 2.05) is 0 Å². The first kappa shape index (κ1) is 14.4. The summed E-state index contributed by atoms with van der Waals surface area (Å²) in [5.74, 6) is -1.31. The summed E-state index contributed by atoms with van der Waals surface area (Å²) in [6, 6.07) is 16.4. The van der Waals surface area contributed by atoms with Gasteiger partial charge in [0.05, 0.1) is 0 Å². The fraction of sp³-hybridized carbons (Fsp3) is 0.0714. The maximum absolute atomic E-state index is 10.3. The molecule has 2 aromatic rings. The summed E-state index contributed by atoms with van der Waals surface area (Å²) in [6.45, 7) is 0. The molecule has 0 aliphatic carbocycles. The van der Waals surface area contributed by atoms with Crippen LogP contribution in [0.3, 0.4) is 0 Å². The van der Waals surface area contributed by atoms with Crippen LogP contribution in [-0.4, -0.2) is 16.2 Å². The molecule has 89 valence electrons. The van der Waals surface area contributed by atoms with Crippen molar-refractivity contribution in [3.8, 4) is 5.75 Å². The van der Waals surface area contributed by atoms with Gasteiger partial charge in [0, 0.05) is 0 Å². The third-order valence-electron chi connectivity index (χ3n) is 2.27. The Morgan fingerprint density at radius 2 is 1.56 bits per heavy atom. The molecule has 3 nitrogen and oxygen atoms in total. The molecule has 0 saturated carbocycles. The predicted octanol–water partition coefficient (Wildman–Crippen LogP) is 2.82. The number of carboxylic acids is 1. The van der Waals surface area contributed by atoms with Crippen molar-refractivity contribution in [1.82, 2.24) is 0 Å². The van der Waals surface area contributed by atoms with Crippen LogP contribution in [0, 0.1) is 0 Å². The average molecular weight is 295 g/mol. The third kappa shape index (κ3) is 4.68. The molecule has 0 bridgehead atoms.